The Bertz CT molecular complexity index is 621. The molecule has 2 aromatic heterocycles. The van der Waals surface area contributed by atoms with Gasteiger partial charge in [-0.2, -0.15) is 10.2 Å². The molecule has 3 rings (SSSR count). The molecule has 6 nitrogen and oxygen atoms in total. The summed E-state index contributed by atoms with van der Waals surface area (Å²) in [6, 6.07) is 3.81. The summed E-state index contributed by atoms with van der Waals surface area (Å²) < 4.78 is 3.63. The van der Waals surface area contributed by atoms with E-state index in [1.54, 1.807) is 10.7 Å². The van der Waals surface area contributed by atoms with E-state index in [9.17, 15) is 4.79 Å². The second kappa shape index (κ2) is 5.11. The predicted octanol–water partition coefficient (Wildman–Crippen LogP) is 1.44. The van der Waals surface area contributed by atoms with E-state index in [0.29, 0.717) is 12.4 Å². The van der Waals surface area contributed by atoms with E-state index < -0.39 is 0 Å². The molecule has 1 saturated heterocycles. The van der Waals surface area contributed by atoms with Gasteiger partial charge in [0.15, 0.2) is 0 Å². The molecule has 2 aromatic rings. The van der Waals surface area contributed by atoms with Gasteiger partial charge in [-0.05, 0) is 38.8 Å². The van der Waals surface area contributed by atoms with Crippen molar-refractivity contribution in [2.45, 2.75) is 33.4 Å². The Hall–Kier alpha value is -2.11. The molecule has 1 aliphatic heterocycles. The van der Waals surface area contributed by atoms with Gasteiger partial charge in [-0.3, -0.25) is 9.48 Å². The largest absolute Gasteiger partial charge is 0.337 e. The highest BCUT2D eigenvalue weighted by Gasteiger charge is 2.21. The van der Waals surface area contributed by atoms with E-state index in [4.69, 9.17) is 0 Å². The summed E-state index contributed by atoms with van der Waals surface area (Å²) in [7, 11) is 0. The Morgan fingerprint density at radius 2 is 2.00 bits per heavy atom. The first kappa shape index (κ1) is 12.9. The van der Waals surface area contributed by atoms with Crippen molar-refractivity contribution < 1.29 is 4.79 Å². The third-order valence-corrected chi connectivity index (χ3v) is 3.64. The van der Waals surface area contributed by atoms with Crippen molar-refractivity contribution in [1.29, 1.82) is 0 Å². The fourth-order valence-electron chi connectivity index (χ4n) is 2.59. The number of likely N-dealkylation sites (tertiary alicyclic amines) is 1. The predicted molar refractivity (Wildman–Crippen MR) is 74.5 cm³/mol. The second-order valence-electron chi connectivity index (χ2n) is 5.31. The molecule has 0 aromatic carbocycles. The lowest BCUT2D eigenvalue weighted by molar-refractivity contribution is 0.0786. The van der Waals surface area contributed by atoms with Gasteiger partial charge in [0.05, 0.1) is 5.69 Å². The van der Waals surface area contributed by atoms with Gasteiger partial charge in [0.2, 0.25) is 0 Å². The third-order valence-electron chi connectivity index (χ3n) is 3.64. The molecule has 0 saturated carbocycles. The summed E-state index contributed by atoms with van der Waals surface area (Å²) in [5.41, 5.74) is 2.60. The van der Waals surface area contributed by atoms with Gasteiger partial charge in [-0.25, -0.2) is 4.68 Å². The van der Waals surface area contributed by atoms with Gasteiger partial charge in [0, 0.05) is 25.0 Å². The molecular weight excluding hydrogens is 254 g/mol. The van der Waals surface area contributed by atoms with Crippen LogP contribution in [0.5, 0.6) is 0 Å². The Labute approximate surface area is 118 Å². The quantitative estimate of drug-likeness (QED) is 0.850. The Kier molecular flexibility index (Phi) is 3.30. The number of hydrogen-bond acceptors (Lipinski definition) is 3. The molecular formula is C14H19N5O. The maximum absolute atomic E-state index is 12.2. The molecule has 6 heteroatoms. The third kappa shape index (κ3) is 2.45. The number of hydrogen-bond donors (Lipinski definition) is 0. The lowest BCUT2D eigenvalue weighted by atomic mass is 10.4. The van der Waals surface area contributed by atoms with Gasteiger partial charge in [0.1, 0.15) is 12.4 Å². The summed E-state index contributed by atoms with van der Waals surface area (Å²) in [6.45, 7) is 6.22. The minimum atomic E-state index is 0.0367. The highest BCUT2D eigenvalue weighted by molar-refractivity contribution is 5.92. The van der Waals surface area contributed by atoms with Crippen molar-refractivity contribution >= 4 is 5.91 Å². The number of nitrogens with zero attached hydrogens (tertiary/aromatic N) is 5. The van der Waals surface area contributed by atoms with Crippen molar-refractivity contribution in [2.75, 3.05) is 13.1 Å². The molecule has 3 heterocycles. The summed E-state index contributed by atoms with van der Waals surface area (Å²) in [4.78, 5) is 14.1. The normalized spacial score (nSPS) is 15.0. The fraction of sp³-hybridized carbons (Fsp3) is 0.500. The van der Waals surface area contributed by atoms with Crippen LogP contribution in [0, 0.1) is 13.8 Å². The summed E-state index contributed by atoms with van der Waals surface area (Å²) in [5, 5.41) is 8.76. The zero-order valence-corrected chi connectivity index (χ0v) is 11.9. The van der Waals surface area contributed by atoms with Crippen molar-refractivity contribution in [3.8, 4) is 0 Å². The summed E-state index contributed by atoms with van der Waals surface area (Å²) in [6.07, 6.45) is 4.02. The lowest BCUT2D eigenvalue weighted by Crippen LogP contribution is -2.28. The SMILES string of the molecule is Cc1cc(C)n(Cn2ccc(C(=O)N3CCCC3)n2)n1. The van der Waals surface area contributed by atoms with Crippen LogP contribution in [0.2, 0.25) is 0 Å². The standard InChI is InChI=1S/C14H19N5O/c1-11-9-12(2)19(15-11)10-18-8-5-13(16-18)14(20)17-6-3-4-7-17/h5,8-9H,3-4,6-7,10H2,1-2H3. The molecule has 20 heavy (non-hydrogen) atoms. The Morgan fingerprint density at radius 1 is 1.25 bits per heavy atom. The molecule has 0 aliphatic carbocycles. The van der Waals surface area contributed by atoms with Crippen LogP contribution >= 0.6 is 0 Å². The van der Waals surface area contributed by atoms with Crippen LogP contribution in [0.1, 0.15) is 34.7 Å². The molecule has 0 unspecified atom stereocenters. The second-order valence-corrected chi connectivity index (χ2v) is 5.31. The highest BCUT2D eigenvalue weighted by Crippen LogP contribution is 2.11. The summed E-state index contributed by atoms with van der Waals surface area (Å²) in [5.74, 6) is 0.0367. The zero-order valence-electron chi connectivity index (χ0n) is 11.9. The monoisotopic (exact) mass is 273 g/mol. The van der Waals surface area contributed by atoms with E-state index in [0.717, 1.165) is 37.3 Å². The number of rotatable bonds is 3. The van der Waals surface area contributed by atoms with E-state index in [1.165, 1.54) is 0 Å². The number of aryl methyl sites for hydroxylation is 2. The van der Waals surface area contributed by atoms with E-state index >= 15 is 0 Å². The molecule has 0 spiro atoms. The van der Waals surface area contributed by atoms with E-state index in [2.05, 4.69) is 10.2 Å². The molecule has 1 amide bonds. The zero-order chi connectivity index (χ0) is 14.1. The van der Waals surface area contributed by atoms with Gasteiger partial charge in [0.25, 0.3) is 5.91 Å². The Morgan fingerprint density at radius 3 is 2.65 bits per heavy atom. The first-order valence-electron chi connectivity index (χ1n) is 6.97. The van der Waals surface area contributed by atoms with Crippen LogP contribution in [0.25, 0.3) is 0 Å². The molecule has 0 N–H and O–H groups in total. The smallest absolute Gasteiger partial charge is 0.274 e. The van der Waals surface area contributed by atoms with Crippen LogP contribution in [0.4, 0.5) is 0 Å². The summed E-state index contributed by atoms with van der Waals surface area (Å²) >= 11 is 0. The van der Waals surface area contributed by atoms with Crippen molar-refractivity contribution in [2.24, 2.45) is 0 Å². The van der Waals surface area contributed by atoms with Crippen LogP contribution in [0.3, 0.4) is 0 Å². The number of aromatic nitrogens is 4. The van der Waals surface area contributed by atoms with Crippen molar-refractivity contribution in [1.82, 2.24) is 24.5 Å². The first-order valence-corrected chi connectivity index (χ1v) is 6.97. The molecule has 0 bridgehead atoms. The fourth-order valence-corrected chi connectivity index (χ4v) is 2.59. The average molecular weight is 273 g/mol. The van der Waals surface area contributed by atoms with Crippen LogP contribution in [-0.2, 0) is 6.67 Å². The van der Waals surface area contributed by atoms with Gasteiger partial charge in [-0.15, -0.1) is 0 Å². The minimum absolute atomic E-state index is 0.0367. The topological polar surface area (TPSA) is 56.0 Å². The van der Waals surface area contributed by atoms with Gasteiger partial charge in [-0.1, -0.05) is 0 Å². The van der Waals surface area contributed by atoms with Crippen LogP contribution in [-0.4, -0.2) is 43.5 Å². The van der Waals surface area contributed by atoms with Crippen molar-refractivity contribution in [3.63, 3.8) is 0 Å². The van der Waals surface area contributed by atoms with E-state index in [-0.39, 0.29) is 5.91 Å². The number of carbonyl (C=O) groups excluding carboxylic acids is 1. The minimum Gasteiger partial charge on any atom is -0.337 e. The molecule has 1 aliphatic rings. The van der Waals surface area contributed by atoms with E-state index in [1.807, 2.05) is 35.7 Å². The molecule has 106 valence electrons. The highest BCUT2D eigenvalue weighted by atomic mass is 16.2. The van der Waals surface area contributed by atoms with Gasteiger partial charge >= 0.3 is 0 Å². The van der Waals surface area contributed by atoms with Crippen LogP contribution in [0.15, 0.2) is 18.3 Å². The number of carbonyl (C=O) groups is 1. The molecule has 0 radical (unpaired) electrons. The maximum Gasteiger partial charge on any atom is 0.274 e. The lowest BCUT2D eigenvalue weighted by Gasteiger charge is -2.12. The van der Waals surface area contributed by atoms with Gasteiger partial charge < -0.3 is 4.90 Å². The van der Waals surface area contributed by atoms with Crippen LogP contribution < -0.4 is 0 Å². The molecule has 1 fully saturated rings. The average Bonchev–Trinajstić information content (AvgIpc) is 3.12. The molecule has 0 atom stereocenters. The Balaban J connectivity index is 1.73. The maximum atomic E-state index is 12.2. The first-order chi connectivity index (χ1) is 9.63. The number of amides is 1. The van der Waals surface area contributed by atoms with Crippen molar-refractivity contribution in [3.05, 3.63) is 35.4 Å².